The number of hydrogen-bond donors (Lipinski definition) is 0. The number of halogens is 2. The number of benzene rings is 1. The maximum absolute atomic E-state index is 13.2. The highest BCUT2D eigenvalue weighted by Crippen LogP contribution is 2.30. The van der Waals surface area contributed by atoms with Crippen LogP contribution in [0, 0.1) is 5.82 Å². The van der Waals surface area contributed by atoms with Crippen LogP contribution in [-0.4, -0.2) is 48.7 Å². The second-order valence-electron chi connectivity index (χ2n) is 5.65. The van der Waals surface area contributed by atoms with Gasteiger partial charge in [-0.1, -0.05) is 11.6 Å². The van der Waals surface area contributed by atoms with Crippen molar-refractivity contribution in [2.45, 2.75) is 36.7 Å². The zero-order valence-corrected chi connectivity index (χ0v) is 13.6. The summed E-state index contributed by atoms with van der Waals surface area (Å²) in [5, 5.41) is -0.250. The van der Waals surface area contributed by atoms with E-state index in [-0.39, 0.29) is 28.4 Å². The second kappa shape index (κ2) is 5.47. The Labute approximate surface area is 133 Å². The van der Waals surface area contributed by atoms with Crippen molar-refractivity contribution >= 4 is 27.5 Å². The number of carbonyl (C=O) groups excluding carboxylic acids is 1. The maximum Gasteiger partial charge on any atom is 0.243 e. The highest BCUT2D eigenvalue weighted by molar-refractivity contribution is 7.89. The molecule has 2 atom stereocenters. The van der Waals surface area contributed by atoms with Crippen LogP contribution in [0.3, 0.4) is 0 Å². The van der Waals surface area contributed by atoms with E-state index >= 15 is 0 Å². The molecule has 1 amide bonds. The molecular weight excluding hydrogens is 331 g/mol. The molecule has 2 aliphatic rings. The molecule has 0 unspecified atom stereocenters. The average Bonchev–Trinajstić information content (AvgIpc) is 2.94. The van der Waals surface area contributed by atoms with Crippen LogP contribution in [0.1, 0.15) is 19.8 Å². The number of hydrogen-bond acceptors (Lipinski definition) is 3. The van der Waals surface area contributed by atoms with Crippen LogP contribution < -0.4 is 0 Å². The van der Waals surface area contributed by atoms with Gasteiger partial charge in [0.15, 0.2) is 0 Å². The minimum Gasteiger partial charge on any atom is -0.337 e. The van der Waals surface area contributed by atoms with Crippen LogP contribution in [0.5, 0.6) is 0 Å². The molecule has 0 N–H and O–H groups in total. The summed E-state index contributed by atoms with van der Waals surface area (Å²) < 4.78 is 40.0. The molecule has 0 spiro atoms. The Balaban J connectivity index is 1.97. The van der Waals surface area contributed by atoms with E-state index in [1.54, 1.807) is 11.8 Å². The van der Waals surface area contributed by atoms with E-state index in [9.17, 15) is 17.6 Å². The van der Waals surface area contributed by atoms with Crippen LogP contribution in [0.2, 0.25) is 5.02 Å². The summed E-state index contributed by atoms with van der Waals surface area (Å²) in [6, 6.07) is 2.45. The second-order valence-corrected chi connectivity index (χ2v) is 7.95. The van der Waals surface area contributed by atoms with Crippen LogP contribution in [-0.2, 0) is 14.8 Å². The molecule has 3 rings (SSSR count). The van der Waals surface area contributed by atoms with Gasteiger partial charge >= 0.3 is 0 Å². The van der Waals surface area contributed by atoms with Gasteiger partial charge in [0.1, 0.15) is 11.9 Å². The molecule has 2 fully saturated rings. The van der Waals surface area contributed by atoms with Gasteiger partial charge in [-0.3, -0.25) is 4.79 Å². The Morgan fingerprint density at radius 2 is 2.09 bits per heavy atom. The molecule has 2 aliphatic heterocycles. The number of sulfonamides is 1. The van der Waals surface area contributed by atoms with E-state index in [1.807, 2.05) is 0 Å². The van der Waals surface area contributed by atoms with E-state index < -0.39 is 21.9 Å². The number of carbonyl (C=O) groups is 1. The van der Waals surface area contributed by atoms with Crippen molar-refractivity contribution < 1.29 is 17.6 Å². The minimum absolute atomic E-state index is 0.0746. The number of amides is 1. The number of rotatable bonds is 2. The molecule has 1 aromatic rings. The fourth-order valence-electron chi connectivity index (χ4n) is 3.12. The fourth-order valence-corrected chi connectivity index (χ4v) is 5.02. The van der Waals surface area contributed by atoms with Crippen molar-refractivity contribution in [2.24, 2.45) is 0 Å². The molecule has 2 heterocycles. The Kier molecular flexibility index (Phi) is 3.91. The monoisotopic (exact) mass is 346 g/mol. The van der Waals surface area contributed by atoms with Gasteiger partial charge in [-0.2, -0.15) is 4.31 Å². The van der Waals surface area contributed by atoms with Crippen molar-refractivity contribution in [1.29, 1.82) is 0 Å². The van der Waals surface area contributed by atoms with Gasteiger partial charge in [0.2, 0.25) is 15.9 Å². The Bertz CT molecular complexity index is 725. The minimum atomic E-state index is -3.89. The summed E-state index contributed by atoms with van der Waals surface area (Å²) in [5.41, 5.74) is 0. The van der Waals surface area contributed by atoms with Crippen molar-refractivity contribution in [3.63, 3.8) is 0 Å². The smallest absolute Gasteiger partial charge is 0.243 e. The molecular formula is C14H16ClFN2O3S. The summed E-state index contributed by atoms with van der Waals surface area (Å²) in [6.45, 7) is 2.54. The molecule has 22 heavy (non-hydrogen) atoms. The van der Waals surface area contributed by atoms with E-state index in [0.29, 0.717) is 6.54 Å². The quantitative estimate of drug-likeness (QED) is 0.821. The first kappa shape index (κ1) is 15.7. The largest absolute Gasteiger partial charge is 0.337 e. The lowest BCUT2D eigenvalue weighted by Crippen LogP contribution is -2.59. The SMILES string of the molecule is C[C@H]1C(=O)N2CCC[C@H]2CN1S(=O)(=O)c1ccc(F)c(Cl)c1. The van der Waals surface area contributed by atoms with Crippen molar-refractivity contribution in [2.75, 3.05) is 13.1 Å². The highest BCUT2D eigenvalue weighted by atomic mass is 35.5. The third kappa shape index (κ3) is 2.41. The normalized spacial score (nSPS) is 26.3. The molecule has 2 saturated heterocycles. The first-order chi connectivity index (χ1) is 10.3. The van der Waals surface area contributed by atoms with E-state index in [4.69, 9.17) is 11.6 Å². The molecule has 0 aromatic heterocycles. The van der Waals surface area contributed by atoms with Crippen molar-refractivity contribution in [1.82, 2.24) is 9.21 Å². The van der Waals surface area contributed by atoms with Gasteiger partial charge in [-0.05, 0) is 38.0 Å². The molecule has 1 aromatic carbocycles. The van der Waals surface area contributed by atoms with E-state index in [1.165, 1.54) is 10.4 Å². The van der Waals surface area contributed by atoms with Gasteiger partial charge in [0.25, 0.3) is 0 Å². The van der Waals surface area contributed by atoms with Crippen LogP contribution >= 0.6 is 11.6 Å². The Hall–Kier alpha value is -1.18. The summed E-state index contributed by atoms with van der Waals surface area (Å²) in [4.78, 5) is 14.0. The zero-order chi connectivity index (χ0) is 16.1. The summed E-state index contributed by atoms with van der Waals surface area (Å²) in [6.07, 6.45) is 1.69. The summed E-state index contributed by atoms with van der Waals surface area (Å²) in [7, 11) is -3.89. The zero-order valence-electron chi connectivity index (χ0n) is 12.0. The molecule has 0 saturated carbocycles. The molecule has 0 bridgehead atoms. The molecule has 0 radical (unpaired) electrons. The predicted molar refractivity (Wildman–Crippen MR) is 79.5 cm³/mol. The van der Waals surface area contributed by atoms with Gasteiger partial charge in [-0.15, -0.1) is 0 Å². The lowest BCUT2D eigenvalue weighted by molar-refractivity contribution is -0.139. The van der Waals surface area contributed by atoms with Crippen LogP contribution in [0.25, 0.3) is 0 Å². The standard InChI is InChI=1S/C14H16ClFN2O3S/c1-9-14(19)17-6-2-3-10(17)8-18(9)22(20,21)11-4-5-13(16)12(15)7-11/h4-5,7,9-10H,2-3,6,8H2,1H3/t9-,10-/m0/s1. The van der Waals surface area contributed by atoms with Crippen LogP contribution in [0.4, 0.5) is 4.39 Å². The molecule has 8 heteroatoms. The topological polar surface area (TPSA) is 57.7 Å². The maximum atomic E-state index is 13.2. The number of fused-ring (bicyclic) bond motifs is 1. The lowest BCUT2D eigenvalue weighted by atomic mass is 10.1. The average molecular weight is 347 g/mol. The molecule has 0 aliphatic carbocycles. The first-order valence-corrected chi connectivity index (χ1v) is 8.91. The lowest BCUT2D eigenvalue weighted by Gasteiger charge is -2.40. The number of piperazine rings is 1. The summed E-state index contributed by atoms with van der Waals surface area (Å²) in [5.74, 6) is -0.851. The van der Waals surface area contributed by atoms with E-state index in [2.05, 4.69) is 0 Å². The van der Waals surface area contributed by atoms with Gasteiger partial charge in [-0.25, -0.2) is 12.8 Å². The molecule has 120 valence electrons. The Morgan fingerprint density at radius 3 is 2.77 bits per heavy atom. The first-order valence-electron chi connectivity index (χ1n) is 7.10. The van der Waals surface area contributed by atoms with Gasteiger partial charge < -0.3 is 4.90 Å². The van der Waals surface area contributed by atoms with Gasteiger partial charge in [0, 0.05) is 19.1 Å². The number of nitrogens with zero attached hydrogens (tertiary/aromatic N) is 2. The van der Waals surface area contributed by atoms with Crippen molar-refractivity contribution in [3.8, 4) is 0 Å². The summed E-state index contributed by atoms with van der Waals surface area (Å²) >= 11 is 5.68. The fraction of sp³-hybridized carbons (Fsp3) is 0.500. The Morgan fingerprint density at radius 1 is 1.36 bits per heavy atom. The highest BCUT2D eigenvalue weighted by Gasteiger charge is 2.45. The third-order valence-corrected chi connectivity index (χ3v) is 6.56. The third-order valence-electron chi connectivity index (χ3n) is 4.34. The predicted octanol–water partition coefficient (Wildman–Crippen LogP) is 1.86. The molecule has 5 nitrogen and oxygen atoms in total. The van der Waals surface area contributed by atoms with Crippen LogP contribution in [0.15, 0.2) is 23.1 Å². The van der Waals surface area contributed by atoms with Gasteiger partial charge in [0.05, 0.1) is 9.92 Å². The van der Waals surface area contributed by atoms with E-state index in [0.717, 1.165) is 25.0 Å². The van der Waals surface area contributed by atoms with Crippen molar-refractivity contribution in [3.05, 3.63) is 29.0 Å².